The molecule has 2 aromatic rings. The van der Waals surface area contributed by atoms with E-state index in [9.17, 15) is 43.2 Å². The van der Waals surface area contributed by atoms with E-state index in [-0.39, 0.29) is 25.1 Å². The van der Waals surface area contributed by atoms with Crippen LogP contribution in [0.25, 0.3) is 0 Å². The molecule has 2 atom stereocenters. The summed E-state index contributed by atoms with van der Waals surface area (Å²) in [7, 11) is -9.11. The zero-order valence-corrected chi connectivity index (χ0v) is 18.5. The Morgan fingerprint density at radius 3 is 2.39 bits per heavy atom. The second-order valence-electron chi connectivity index (χ2n) is 7.83. The van der Waals surface area contributed by atoms with Crippen LogP contribution < -0.4 is 0 Å². The van der Waals surface area contributed by atoms with Crippen LogP contribution in [-0.4, -0.2) is 50.3 Å². The maximum atomic E-state index is 13.2. The third kappa shape index (κ3) is 5.35. The number of hydrogen-bond donors (Lipinski definition) is 1. The Bertz CT molecular complexity index is 1240. The number of sulfone groups is 2. The fraction of sp³-hybridized carbons (Fsp3) is 0.500. The summed E-state index contributed by atoms with van der Waals surface area (Å²) in [6, 6.07) is 4.11. The minimum absolute atomic E-state index is 0.0686. The number of nitrogens with zero attached hydrogens (tertiary/aromatic N) is 1. The van der Waals surface area contributed by atoms with Crippen molar-refractivity contribution < 1.29 is 47.9 Å². The van der Waals surface area contributed by atoms with Gasteiger partial charge in [0.25, 0.3) is 0 Å². The van der Waals surface area contributed by atoms with Crippen LogP contribution in [0, 0.1) is 0 Å². The molecule has 1 aliphatic heterocycles. The van der Waals surface area contributed by atoms with Crippen molar-refractivity contribution in [1.29, 1.82) is 0 Å². The molecule has 184 valence electrons. The highest BCUT2D eigenvalue weighted by Crippen LogP contribution is 2.42. The van der Waals surface area contributed by atoms with Crippen molar-refractivity contribution in [2.45, 2.75) is 52.9 Å². The molecular formula is C18H18F6N2O5S2. The number of aromatic nitrogens is 2. The molecule has 0 aliphatic carbocycles. The predicted octanol–water partition coefficient (Wildman–Crippen LogP) is 3.85. The van der Waals surface area contributed by atoms with E-state index in [0.717, 1.165) is 24.3 Å². The Morgan fingerprint density at radius 2 is 1.79 bits per heavy atom. The molecule has 0 amide bonds. The number of H-pyrrole nitrogens is 1. The van der Waals surface area contributed by atoms with Gasteiger partial charge in [-0.1, -0.05) is 6.07 Å². The molecule has 0 spiro atoms. The lowest BCUT2D eigenvalue weighted by atomic mass is 9.95. The van der Waals surface area contributed by atoms with E-state index in [4.69, 9.17) is 4.74 Å². The SMILES string of the molecule is CC1(S(=O)(=O)c2cccc(C(F)(F)F)c2)CCOC(c2cc(S(=O)(=O)CC(F)(F)F)n[nH]2)C1. The van der Waals surface area contributed by atoms with Crippen molar-refractivity contribution in [3.05, 3.63) is 41.6 Å². The third-order valence-electron chi connectivity index (χ3n) is 5.28. The predicted molar refractivity (Wildman–Crippen MR) is 102 cm³/mol. The minimum atomic E-state index is -4.99. The zero-order chi connectivity index (χ0) is 24.9. The summed E-state index contributed by atoms with van der Waals surface area (Å²) in [5, 5.41) is 4.76. The zero-order valence-electron chi connectivity index (χ0n) is 16.9. The second-order valence-corrected chi connectivity index (χ2v) is 12.2. The number of nitrogens with one attached hydrogen (secondary N) is 1. The molecule has 15 heteroatoms. The molecule has 1 aliphatic rings. The summed E-state index contributed by atoms with van der Waals surface area (Å²) >= 11 is 0. The van der Waals surface area contributed by atoms with Crippen LogP contribution in [0.4, 0.5) is 26.3 Å². The minimum Gasteiger partial charge on any atom is -0.372 e. The molecule has 2 unspecified atom stereocenters. The van der Waals surface area contributed by atoms with Crippen molar-refractivity contribution in [2.24, 2.45) is 0 Å². The molecule has 0 bridgehead atoms. The van der Waals surface area contributed by atoms with Crippen molar-refractivity contribution in [3.8, 4) is 0 Å². The molecule has 7 nitrogen and oxygen atoms in total. The largest absolute Gasteiger partial charge is 0.416 e. The number of aromatic amines is 1. The Balaban J connectivity index is 1.89. The Hall–Kier alpha value is -2.13. The fourth-order valence-electron chi connectivity index (χ4n) is 3.47. The van der Waals surface area contributed by atoms with Gasteiger partial charge in [-0.15, -0.1) is 0 Å². The Labute approximate surface area is 185 Å². The second kappa shape index (κ2) is 8.27. The van der Waals surface area contributed by atoms with Gasteiger partial charge in [-0.3, -0.25) is 5.10 Å². The molecular weight excluding hydrogens is 502 g/mol. The van der Waals surface area contributed by atoms with Crippen LogP contribution in [0.15, 0.2) is 40.3 Å². The average Bonchev–Trinajstić information content (AvgIpc) is 3.17. The average molecular weight is 520 g/mol. The van der Waals surface area contributed by atoms with Gasteiger partial charge < -0.3 is 4.74 Å². The first-order valence-corrected chi connectivity index (χ1v) is 12.5. The number of ether oxygens (including phenoxy) is 1. The summed E-state index contributed by atoms with van der Waals surface area (Å²) in [6.07, 6.45) is -11.2. The fourth-order valence-corrected chi connectivity index (χ4v) is 6.37. The van der Waals surface area contributed by atoms with Gasteiger partial charge in [0.05, 0.1) is 20.9 Å². The van der Waals surface area contributed by atoms with Gasteiger partial charge >= 0.3 is 12.4 Å². The Morgan fingerprint density at radius 1 is 1.12 bits per heavy atom. The lowest BCUT2D eigenvalue weighted by Gasteiger charge is -2.37. The van der Waals surface area contributed by atoms with Crippen molar-refractivity contribution in [3.63, 3.8) is 0 Å². The van der Waals surface area contributed by atoms with E-state index in [1.807, 2.05) is 0 Å². The van der Waals surface area contributed by atoms with Crippen LogP contribution in [0.5, 0.6) is 0 Å². The quantitative estimate of drug-likeness (QED) is 0.601. The first-order valence-electron chi connectivity index (χ1n) is 9.33. The smallest absolute Gasteiger partial charge is 0.372 e. The molecule has 1 aromatic heterocycles. The van der Waals surface area contributed by atoms with E-state index in [2.05, 4.69) is 10.2 Å². The number of benzene rings is 1. The summed E-state index contributed by atoms with van der Waals surface area (Å²) in [5.74, 6) is -2.13. The number of halogens is 6. The molecule has 2 heterocycles. The van der Waals surface area contributed by atoms with E-state index in [1.54, 1.807) is 0 Å². The van der Waals surface area contributed by atoms with E-state index in [0.29, 0.717) is 6.07 Å². The highest BCUT2D eigenvalue weighted by atomic mass is 32.2. The molecule has 1 fully saturated rings. The standard InChI is InChI=1S/C18H18F6N2O5S2/c1-16(33(29,30)12-4-2-3-11(7-12)18(22,23)24)5-6-31-14(9-16)13-8-15(26-25-13)32(27,28)10-17(19,20)21/h2-4,7-8,14H,5-6,9-10H2,1H3,(H,25,26). The molecule has 1 saturated heterocycles. The summed E-state index contributed by atoms with van der Waals surface area (Å²) in [5.41, 5.74) is -1.20. The topological polar surface area (TPSA) is 106 Å². The lowest BCUT2D eigenvalue weighted by molar-refractivity contribution is -0.137. The van der Waals surface area contributed by atoms with E-state index in [1.165, 1.54) is 6.92 Å². The molecule has 1 aromatic carbocycles. The number of alkyl halides is 6. The van der Waals surface area contributed by atoms with Crippen molar-refractivity contribution in [1.82, 2.24) is 10.2 Å². The highest BCUT2D eigenvalue weighted by Gasteiger charge is 2.46. The van der Waals surface area contributed by atoms with Crippen LogP contribution in [0.3, 0.4) is 0 Å². The summed E-state index contributed by atoms with van der Waals surface area (Å²) in [4.78, 5) is -0.543. The number of hydrogen-bond acceptors (Lipinski definition) is 6. The summed E-state index contributed by atoms with van der Waals surface area (Å²) in [6.45, 7) is 1.17. The normalized spacial score (nSPS) is 22.9. The van der Waals surface area contributed by atoms with Gasteiger partial charge in [-0.2, -0.15) is 31.4 Å². The Kier molecular flexibility index (Phi) is 6.39. The van der Waals surface area contributed by atoms with Gasteiger partial charge in [0, 0.05) is 12.7 Å². The maximum absolute atomic E-state index is 13.2. The van der Waals surface area contributed by atoms with Crippen LogP contribution in [0.2, 0.25) is 0 Å². The van der Waals surface area contributed by atoms with E-state index >= 15 is 0 Å². The molecule has 1 N–H and O–H groups in total. The van der Waals surface area contributed by atoms with Crippen LogP contribution >= 0.6 is 0 Å². The van der Waals surface area contributed by atoms with Crippen LogP contribution in [-0.2, 0) is 30.6 Å². The van der Waals surface area contributed by atoms with Crippen LogP contribution in [0.1, 0.15) is 37.1 Å². The summed E-state index contributed by atoms with van der Waals surface area (Å²) < 4.78 is 131. The van der Waals surface area contributed by atoms with Gasteiger partial charge in [0.15, 0.2) is 20.6 Å². The molecule has 0 radical (unpaired) electrons. The van der Waals surface area contributed by atoms with Gasteiger partial charge in [0.2, 0.25) is 9.84 Å². The number of rotatable bonds is 5. The molecule has 3 rings (SSSR count). The first-order chi connectivity index (χ1) is 14.9. The maximum Gasteiger partial charge on any atom is 0.416 e. The monoisotopic (exact) mass is 520 g/mol. The third-order valence-corrected chi connectivity index (χ3v) is 9.38. The van der Waals surface area contributed by atoms with Gasteiger partial charge in [-0.05, 0) is 38.0 Å². The van der Waals surface area contributed by atoms with Crippen molar-refractivity contribution in [2.75, 3.05) is 12.4 Å². The van der Waals surface area contributed by atoms with Gasteiger partial charge in [-0.25, -0.2) is 16.8 Å². The molecule has 0 saturated carbocycles. The van der Waals surface area contributed by atoms with Gasteiger partial charge in [0.1, 0.15) is 6.10 Å². The van der Waals surface area contributed by atoms with Crippen molar-refractivity contribution >= 4 is 19.7 Å². The first kappa shape index (κ1) is 25.5. The molecule has 33 heavy (non-hydrogen) atoms. The van der Waals surface area contributed by atoms with E-state index < -0.39 is 64.1 Å². The highest BCUT2D eigenvalue weighted by molar-refractivity contribution is 7.92. The lowest BCUT2D eigenvalue weighted by Crippen LogP contribution is -2.42.